The van der Waals surface area contributed by atoms with Crippen LogP contribution in [0.3, 0.4) is 0 Å². The quantitative estimate of drug-likeness (QED) is 0.336. The second-order valence-corrected chi connectivity index (χ2v) is 0.408. The van der Waals surface area contributed by atoms with Crippen molar-refractivity contribution in [3.8, 4) is 0 Å². The van der Waals surface area contributed by atoms with Crippen LogP contribution in [-0.2, 0) is 0 Å². The summed E-state index contributed by atoms with van der Waals surface area (Å²) in [4.78, 5) is 0. The van der Waals surface area contributed by atoms with Gasteiger partial charge in [-0.1, -0.05) is 6.08 Å². The van der Waals surface area contributed by atoms with Gasteiger partial charge in [0.2, 0.25) is 0 Å². The molecule has 0 N–H and O–H groups in total. The molecule has 0 amide bonds. The summed E-state index contributed by atoms with van der Waals surface area (Å²) < 4.78 is 0. The molecule has 0 fully saturated rings. The van der Waals surface area contributed by atoms with Crippen molar-refractivity contribution < 1.29 is 2.85 Å². The summed E-state index contributed by atoms with van der Waals surface area (Å²) in [5, 5.41) is 0. The Morgan fingerprint density at radius 2 is 1.80 bits per heavy atom. The molecule has 0 aliphatic carbocycles. The molecule has 0 radical (unpaired) electrons. The summed E-state index contributed by atoms with van der Waals surface area (Å²) in [6, 6.07) is 0. The third kappa shape index (κ3) is 34.4. The van der Waals surface area contributed by atoms with Crippen LogP contribution in [0.1, 0.15) is 9.78 Å². The van der Waals surface area contributed by atoms with Gasteiger partial charge in [-0.3, -0.25) is 0 Å². The first-order valence-electron chi connectivity index (χ1n) is 0.986. The molecule has 0 aromatic heterocycles. The van der Waals surface area contributed by atoms with Crippen LogP contribution in [0.5, 0.6) is 0 Å². The summed E-state index contributed by atoms with van der Waals surface area (Å²) in [5.41, 5.74) is 0. The summed E-state index contributed by atoms with van der Waals surface area (Å²) >= 11 is 0. The first kappa shape index (κ1) is 16.3. The minimum Gasteiger partial charge on any atom is -1.00 e. The molecule has 0 spiro atoms. The standard InChI is InChI=1S/C3H6.Ca.ClH.2H/c1-3-2;;;;/h3H,1H2,2H3;;1H;;/q;+2;;2*-1. The maximum Gasteiger partial charge on any atom is 2.00 e. The van der Waals surface area contributed by atoms with Crippen molar-refractivity contribution in [2.45, 2.75) is 6.92 Å². The van der Waals surface area contributed by atoms with E-state index in [4.69, 9.17) is 0 Å². The van der Waals surface area contributed by atoms with Crippen molar-refractivity contribution in [1.82, 2.24) is 0 Å². The first-order valence-corrected chi connectivity index (χ1v) is 0.986. The van der Waals surface area contributed by atoms with Gasteiger partial charge < -0.3 is 2.85 Å². The Morgan fingerprint density at radius 1 is 1.80 bits per heavy atom. The molecule has 0 atom stereocenters. The topological polar surface area (TPSA) is 0 Å². The molecule has 5 heavy (non-hydrogen) atoms. The van der Waals surface area contributed by atoms with Gasteiger partial charge >= 0.3 is 37.7 Å². The number of allylic oxidation sites excluding steroid dienone is 1. The van der Waals surface area contributed by atoms with Crippen LogP contribution in [0, 0.1) is 0 Å². The van der Waals surface area contributed by atoms with Gasteiger partial charge in [0.25, 0.3) is 0 Å². The molecule has 0 aromatic rings. The van der Waals surface area contributed by atoms with E-state index in [1.807, 2.05) is 6.92 Å². The van der Waals surface area contributed by atoms with Crippen LogP contribution in [-0.4, -0.2) is 37.7 Å². The van der Waals surface area contributed by atoms with E-state index in [0.29, 0.717) is 0 Å². The predicted molar refractivity (Wildman–Crippen MR) is 31.1 cm³/mol. The Hall–Kier alpha value is 1.29. The minimum absolute atomic E-state index is 0. The second kappa shape index (κ2) is 18.6. The molecule has 0 rings (SSSR count). The number of rotatable bonds is 0. The van der Waals surface area contributed by atoms with E-state index in [1.165, 1.54) is 0 Å². The number of halogens is 1. The van der Waals surface area contributed by atoms with Crippen LogP contribution in [0.4, 0.5) is 0 Å². The van der Waals surface area contributed by atoms with E-state index in [1.54, 1.807) is 6.08 Å². The molecule has 0 heterocycles. The van der Waals surface area contributed by atoms with Gasteiger partial charge in [-0.15, -0.1) is 19.0 Å². The van der Waals surface area contributed by atoms with Gasteiger partial charge in [-0.25, -0.2) is 0 Å². The van der Waals surface area contributed by atoms with Crippen molar-refractivity contribution in [2.24, 2.45) is 0 Å². The fraction of sp³-hybridized carbons (Fsp3) is 0.333. The smallest absolute Gasteiger partial charge is 1.00 e. The van der Waals surface area contributed by atoms with Gasteiger partial charge in [0.1, 0.15) is 0 Å². The van der Waals surface area contributed by atoms with Gasteiger partial charge in [0.05, 0.1) is 0 Å². The molecule has 0 aliphatic heterocycles. The Labute approximate surface area is 72.0 Å². The van der Waals surface area contributed by atoms with Crippen LogP contribution in [0.15, 0.2) is 12.7 Å². The van der Waals surface area contributed by atoms with Crippen LogP contribution >= 0.6 is 12.4 Å². The molecular formula is C3H9CaCl. The fourth-order valence-corrected chi connectivity index (χ4v) is 0. The summed E-state index contributed by atoms with van der Waals surface area (Å²) in [6.07, 6.45) is 1.75. The van der Waals surface area contributed by atoms with Gasteiger partial charge in [0, 0.05) is 0 Å². The third-order valence-corrected chi connectivity index (χ3v) is 0. The summed E-state index contributed by atoms with van der Waals surface area (Å²) in [7, 11) is 0. The Morgan fingerprint density at radius 3 is 1.80 bits per heavy atom. The van der Waals surface area contributed by atoms with Crippen molar-refractivity contribution in [3.63, 3.8) is 0 Å². The Bertz CT molecular complexity index is 20.4. The van der Waals surface area contributed by atoms with E-state index in [2.05, 4.69) is 6.58 Å². The second-order valence-electron chi connectivity index (χ2n) is 0.408. The van der Waals surface area contributed by atoms with Crippen molar-refractivity contribution >= 4 is 50.1 Å². The Kier molecular flexibility index (Phi) is 60.4. The fourth-order valence-electron chi connectivity index (χ4n) is 0. The Balaban J connectivity index is -0.00000000333. The van der Waals surface area contributed by atoms with E-state index >= 15 is 0 Å². The summed E-state index contributed by atoms with van der Waals surface area (Å²) in [5.74, 6) is 0. The zero-order valence-corrected chi connectivity index (χ0v) is 6.42. The zero-order valence-electron chi connectivity index (χ0n) is 5.40. The molecule has 0 aromatic carbocycles. The van der Waals surface area contributed by atoms with Crippen LogP contribution in [0.25, 0.3) is 0 Å². The molecule has 0 aliphatic rings. The average Bonchev–Trinajstić information content (AvgIpc) is 0.918. The summed E-state index contributed by atoms with van der Waals surface area (Å²) in [6.45, 7) is 5.25. The van der Waals surface area contributed by atoms with Crippen molar-refractivity contribution in [1.29, 1.82) is 0 Å². The molecule has 0 bridgehead atoms. The van der Waals surface area contributed by atoms with Gasteiger partial charge in [0.15, 0.2) is 0 Å². The molecule has 2 heteroatoms. The van der Waals surface area contributed by atoms with Crippen LogP contribution in [0.2, 0.25) is 0 Å². The predicted octanol–water partition coefficient (Wildman–Crippen LogP) is 1.46. The zero-order chi connectivity index (χ0) is 2.71. The number of hydrogen-bond acceptors (Lipinski definition) is 0. The maximum absolute atomic E-state index is 3.36. The average molecular weight is 121 g/mol. The van der Waals surface area contributed by atoms with E-state index in [9.17, 15) is 0 Å². The van der Waals surface area contributed by atoms with Crippen LogP contribution < -0.4 is 0 Å². The molecule has 0 saturated carbocycles. The minimum atomic E-state index is 0. The van der Waals surface area contributed by atoms with Gasteiger partial charge in [-0.2, -0.15) is 0 Å². The monoisotopic (exact) mass is 120 g/mol. The largest absolute Gasteiger partial charge is 2.00 e. The molecular weight excluding hydrogens is 112 g/mol. The van der Waals surface area contributed by atoms with E-state index in [0.717, 1.165) is 0 Å². The third-order valence-electron chi connectivity index (χ3n) is 0. The normalized spacial score (nSPS) is 2.60. The molecule has 0 saturated heterocycles. The first-order chi connectivity index (χ1) is 1.41. The molecule has 30 valence electrons. The van der Waals surface area contributed by atoms with Crippen molar-refractivity contribution in [2.75, 3.05) is 0 Å². The number of hydrogen-bond donors (Lipinski definition) is 0. The maximum atomic E-state index is 3.36. The molecule has 0 unspecified atom stereocenters. The molecule has 0 nitrogen and oxygen atoms in total. The van der Waals surface area contributed by atoms with E-state index in [-0.39, 0.29) is 53.0 Å². The van der Waals surface area contributed by atoms with Crippen molar-refractivity contribution in [3.05, 3.63) is 12.7 Å². The SMILES string of the molecule is C=CC.Cl.[Ca+2].[H-].[H-]. The van der Waals surface area contributed by atoms with Gasteiger partial charge in [-0.05, 0) is 6.92 Å². The van der Waals surface area contributed by atoms with E-state index < -0.39 is 0 Å².